The van der Waals surface area contributed by atoms with Crippen LogP contribution in [0.15, 0.2) is 42.7 Å². The van der Waals surface area contributed by atoms with E-state index in [9.17, 15) is 4.79 Å². The van der Waals surface area contributed by atoms with Gasteiger partial charge in [-0.15, -0.1) is 0 Å². The van der Waals surface area contributed by atoms with Gasteiger partial charge >= 0.3 is 6.03 Å². The van der Waals surface area contributed by atoms with Crippen LogP contribution in [0, 0.1) is 0 Å². The van der Waals surface area contributed by atoms with E-state index in [1.165, 1.54) is 25.9 Å². The minimum atomic E-state index is -0.00527. The second-order valence-electron chi connectivity index (χ2n) is 6.56. The van der Waals surface area contributed by atoms with Crippen molar-refractivity contribution in [3.63, 3.8) is 0 Å². The molecule has 0 radical (unpaired) electrons. The van der Waals surface area contributed by atoms with Gasteiger partial charge in [-0.05, 0) is 56.6 Å². The van der Waals surface area contributed by atoms with E-state index < -0.39 is 0 Å². The van der Waals surface area contributed by atoms with E-state index in [-0.39, 0.29) is 6.03 Å². The Hall–Kier alpha value is -2.34. The topological polar surface area (TPSA) is 53.4 Å². The van der Waals surface area contributed by atoms with Gasteiger partial charge in [-0.1, -0.05) is 6.07 Å². The van der Waals surface area contributed by atoms with Gasteiger partial charge in [0, 0.05) is 37.2 Å². The van der Waals surface area contributed by atoms with Gasteiger partial charge in [0.05, 0.1) is 5.69 Å². The summed E-state index contributed by atoms with van der Waals surface area (Å²) >= 11 is 0. The first-order valence-corrected chi connectivity index (χ1v) is 8.70. The van der Waals surface area contributed by atoms with E-state index in [0.29, 0.717) is 6.04 Å². The third-order valence-corrected chi connectivity index (χ3v) is 4.97. The van der Waals surface area contributed by atoms with Crippen LogP contribution in [0.3, 0.4) is 0 Å². The lowest BCUT2D eigenvalue weighted by Gasteiger charge is -2.23. The molecule has 3 heterocycles. The molecule has 2 amide bonds. The highest BCUT2D eigenvalue weighted by atomic mass is 16.2. The predicted molar refractivity (Wildman–Crippen MR) is 93.4 cm³/mol. The van der Waals surface area contributed by atoms with Crippen LogP contribution in [-0.4, -0.2) is 57.8 Å². The monoisotopic (exact) mass is 325 g/mol. The molecule has 2 saturated heterocycles. The summed E-state index contributed by atoms with van der Waals surface area (Å²) in [7, 11) is 0. The predicted octanol–water partition coefficient (Wildman–Crippen LogP) is 2.57. The number of nitrogens with one attached hydrogen (secondary N) is 1. The highest BCUT2D eigenvalue weighted by molar-refractivity contribution is 5.89. The number of aromatic nitrogens is 2. The van der Waals surface area contributed by atoms with Gasteiger partial charge < -0.3 is 10.2 Å². The van der Waals surface area contributed by atoms with Gasteiger partial charge in [-0.3, -0.25) is 4.90 Å². The van der Waals surface area contributed by atoms with E-state index in [0.717, 1.165) is 30.9 Å². The number of anilines is 1. The van der Waals surface area contributed by atoms with Crippen LogP contribution < -0.4 is 5.32 Å². The molecule has 126 valence electrons. The van der Waals surface area contributed by atoms with Crippen LogP contribution in [0.25, 0.3) is 5.69 Å². The van der Waals surface area contributed by atoms with Crippen LogP contribution in [0.4, 0.5) is 10.5 Å². The molecule has 1 aromatic heterocycles. The van der Waals surface area contributed by atoms with Crippen molar-refractivity contribution in [3.05, 3.63) is 42.7 Å². The fourth-order valence-corrected chi connectivity index (χ4v) is 3.68. The molecule has 2 fully saturated rings. The molecule has 0 bridgehead atoms. The Balaban J connectivity index is 1.39. The molecule has 0 aliphatic carbocycles. The summed E-state index contributed by atoms with van der Waals surface area (Å²) in [6, 6.07) is 10.2. The number of benzene rings is 1. The molecule has 1 N–H and O–H groups in total. The molecular weight excluding hydrogens is 302 g/mol. The summed E-state index contributed by atoms with van der Waals surface area (Å²) in [5.41, 5.74) is 1.74. The van der Waals surface area contributed by atoms with Crippen LogP contribution in [0.2, 0.25) is 0 Å². The Kier molecular flexibility index (Phi) is 4.21. The number of nitrogens with zero attached hydrogens (tertiary/aromatic N) is 4. The minimum Gasteiger partial charge on any atom is -0.323 e. The lowest BCUT2D eigenvalue weighted by Crippen LogP contribution is -2.38. The number of hydrogen-bond donors (Lipinski definition) is 1. The third kappa shape index (κ3) is 3.14. The van der Waals surface area contributed by atoms with Crippen LogP contribution in [0.5, 0.6) is 0 Å². The number of rotatable bonds is 3. The zero-order valence-electron chi connectivity index (χ0n) is 13.8. The zero-order valence-corrected chi connectivity index (χ0v) is 13.8. The normalized spacial score (nSPS) is 21.3. The SMILES string of the molecule is O=C(Nc1cccc(-n2cccn2)c1)N1CC[C@H](N2CCCC2)C1. The molecule has 6 heteroatoms. The van der Waals surface area contributed by atoms with Crippen molar-refractivity contribution in [2.45, 2.75) is 25.3 Å². The van der Waals surface area contributed by atoms with Gasteiger partial charge in [-0.25, -0.2) is 9.48 Å². The number of carbonyl (C=O) groups excluding carboxylic acids is 1. The molecule has 0 unspecified atom stereocenters. The van der Waals surface area contributed by atoms with Crippen molar-refractivity contribution in [1.82, 2.24) is 19.6 Å². The molecule has 24 heavy (non-hydrogen) atoms. The van der Waals surface area contributed by atoms with Crippen molar-refractivity contribution in [2.24, 2.45) is 0 Å². The highest BCUT2D eigenvalue weighted by Gasteiger charge is 2.31. The molecule has 2 aliphatic heterocycles. The van der Waals surface area contributed by atoms with Gasteiger partial charge in [0.2, 0.25) is 0 Å². The summed E-state index contributed by atoms with van der Waals surface area (Å²) < 4.78 is 1.79. The average molecular weight is 325 g/mol. The lowest BCUT2D eigenvalue weighted by molar-refractivity contribution is 0.210. The molecule has 1 atom stereocenters. The molecule has 4 rings (SSSR count). The van der Waals surface area contributed by atoms with Gasteiger partial charge in [-0.2, -0.15) is 5.10 Å². The number of likely N-dealkylation sites (tertiary alicyclic amines) is 2. The van der Waals surface area contributed by atoms with E-state index in [1.54, 1.807) is 10.9 Å². The summed E-state index contributed by atoms with van der Waals surface area (Å²) in [6.45, 7) is 4.05. The number of amides is 2. The molecular formula is C18H23N5O. The Morgan fingerprint density at radius 3 is 2.83 bits per heavy atom. The van der Waals surface area contributed by atoms with Crippen molar-refractivity contribution >= 4 is 11.7 Å². The zero-order chi connectivity index (χ0) is 16.4. The largest absolute Gasteiger partial charge is 0.323 e. The second kappa shape index (κ2) is 6.65. The number of urea groups is 1. The van der Waals surface area contributed by atoms with Gasteiger partial charge in [0.25, 0.3) is 0 Å². The number of hydrogen-bond acceptors (Lipinski definition) is 3. The van der Waals surface area contributed by atoms with Crippen molar-refractivity contribution < 1.29 is 4.79 Å². The summed E-state index contributed by atoms with van der Waals surface area (Å²) in [4.78, 5) is 17.0. The second-order valence-corrected chi connectivity index (χ2v) is 6.56. The molecule has 6 nitrogen and oxygen atoms in total. The van der Waals surface area contributed by atoms with Crippen molar-refractivity contribution in [2.75, 3.05) is 31.5 Å². The first-order valence-electron chi connectivity index (χ1n) is 8.70. The van der Waals surface area contributed by atoms with E-state index in [1.807, 2.05) is 41.4 Å². The standard InChI is InChI=1S/C18H23N5O/c24-18(22-12-7-17(14-22)21-9-1-2-10-21)20-15-5-3-6-16(13-15)23-11-4-8-19-23/h3-6,8,11,13,17H,1-2,7,9-10,12,14H2,(H,20,24)/t17-/m0/s1. The molecule has 0 saturated carbocycles. The van der Waals surface area contributed by atoms with E-state index in [2.05, 4.69) is 15.3 Å². The highest BCUT2D eigenvalue weighted by Crippen LogP contribution is 2.21. The first-order chi connectivity index (χ1) is 11.8. The smallest absolute Gasteiger partial charge is 0.321 e. The summed E-state index contributed by atoms with van der Waals surface area (Å²) in [5.74, 6) is 0. The average Bonchev–Trinajstić information content (AvgIpc) is 3.36. The Labute approximate surface area is 142 Å². The molecule has 2 aliphatic rings. The Morgan fingerprint density at radius 2 is 2.04 bits per heavy atom. The minimum absolute atomic E-state index is 0.00527. The van der Waals surface area contributed by atoms with E-state index >= 15 is 0 Å². The van der Waals surface area contributed by atoms with Crippen LogP contribution >= 0.6 is 0 Å². The summed E-state index contributed by atoms with van der Waals surface area (Å²) in [5, 5.41) is 7.25. The van der Waals surface area contributed by atoms with Gasteiger partial charge in [0.15, 0.2) is 0 Å². The maximum atomic E-state index is 12.5. The number of carbonyl (C=O) groups is 1. The van der Waals surface area contributed by atoms with Crippen molar-refractivity contribution in [1.29, 1.82) is 0 Å². The molecule has 0 spiro atoms. The summed E-state index contributed by atoms with van der Waals surface area (Å²) in [6.07, 6.45) is 7.31. The van der Waals surface area contributed by atoms with E-state index in [4.69, 9.17) is 0 Å². The molecule has 1 aromatic carbocycles. The Bertz CT molecular complexity index is 693. The van der Waals surface area contributed by atoms with Crippen molar-refractivity contribution in [3.8, 4) is 5.69 Å². The van der Waals surface area contributed by atoms with Crippen LogP contribution in [-0.2, 0) is 0 Å². The van der Waals surface area contributed by atoms with Crippen LogP contribution in [0.1, 0.15) is 19.3 Å². The first kappa shape index (κ1) is 15.2. The lowest BCUT2D eigenvalue weighted by atomic mass is 10.2. The quantitative estimate of drug-likeness (QED) is 0.944. The fraction of sp³-hybridized carbons (Fsp3) is 0.444. The maximum absolute atomic E-state index is 12.5. The maximum Gasteiger partial charge on any atom is 0.321 e. The third-order valence-electron chi connectivity index (χ3n) is 4.97. The van der Waals surface area contributed by atoms with Gasteiger partial charge in [0.1, 0.15) is 0 Å². The Morgan fingerprint density at radius 1 is 1.17 bits per heavy atom. The fourth-order valence-electron chi connectivity index (χ4n) is 3.68. The molecule has 2 aromatic rings.